The van der Waals surface area contributed by atoms with Crippen molar-refractivity contribution < 1.29 is 8.42 Å². The Kier molecular flexibility index (Phi) is 5.51. The van der Waals surface area contributed by atoms with E-state index in [-0.39, 0.29) is 17.6 Å². The fourth-order valence-corrected chi connectivity index (χ4v) is 3.24. The maximum Gasteiger partial charge on any atom is 0.259 e. The normalized spacial score (nSPS) is 14.0. The van der Waals surface area contributed by atoms with Crippen LogP contribution in [0.4, 0.5) is 0 Å². The Hall–Kier alpha value is -0.920. The van der Waals surface area contributed by atoms with Crippen molar-refractivity contribution in [3.05, 3.63) is 12.0 Å². The van der Waals surface area contributed by atoms with Crippen molar-refractivity contribution in [3.63, 3.8) is 0 Å². The highest BCUT2D eigenvalue weighted by atomic mass is 32.2. The van der Waals surface area contributed by atoms with E-state index in [4.69, 9.17) is 5.73 Å². The van der Waals surface area contributed by atoms with E-state index in [0.717, 1.165) is 0 Å². The molecule has 0 fully saturated rings. The van der Waals surface area contributed by atoms with Gasteiger partial charge in [-0.1, -0.05) is 13.8 Å². The van der Waals surface area contributed by atoms with Crippen LogP contribution in [-0.4, -0.2) is 30.6 Å². The second-order valence-electron chi connectivity index (χ2n) is 5.10. The molecule has 0 radical (unpaired) electrons. The van der Waals surface area contributed by atoms with E-state index in [0.29, 0.717) is 24.7 Å². The molecule has 0 aliphatic rings. The summed E-state index contributed by atoms with van der Waals surface area (Å²) in [6, 6.07) is -0.253. The Morgan fingerprint density at radius 2 is 2.11 bits per heavy atom. The summed E-state index contributed by atoms with van der Waals surface area (Å²) in [5.74, 6) is 1.07. The molecule has 0 spiro atoms. The number of nitrogens with one attached hydrogen (secondary N) is 1. The molecule has 0 amide bonds. The Bertz CT molecular complexity index is 508. The Balaban J connectivity index is 2.90. The number of hydrogen-bond acceptors (Lipinski definition) is 4. The zero-order valence-corrected chi connectivity index (χ0v) is 12.9. The Morgan fingerprint density at radius 3 is 2.53 bits per heavy atom. The van der Waals surface area contributed by atoms with Crippen LogP contribution in [0.25, 0.3) is 0 Å². The van der Waals surface area contributed by atoms with E-state index in [9.17, 15) is 8.42 Å². The molecule has 0 bridgehead atoms. The predicted octanol–water partition coefficient (Wildman–Crippen LogP) is 0.863. The van der Waals surface area contributed by atoms with Gasteiger partial charge >= 0.3 is 0 Å². The first kappa shape index (κ1) is 16.1. The molecule has 0 aliphatic carbocycles. The third kappa shape index (κ3) is 4.29. The van der Waals surface area contributed by atoms with Crippen LogP contribution >= 0.6 is 0 Å². The van der Waals surface area contributed by atoms with Crippen molar-refractivity contribution in [3.8, 4) is 0 Å². The van der Waals surface area contributed by atoms with Crippen LogP contribution in [0.2, 0.25) is 0 Å². The number of nitrogens with zero attached hydrogens (tertiary/aromatic N) is 2. The lowest BCUT2D eigenvalue weighted by Gasteiger charge is -2.17. The average Bonchev–Trinajstić information content (AvgIpc) is 2.69. The number of hydrogen-bond donors (Lipinski definition) is 2. The quantitative estimate of drug-likeness (QED) is 0.778. The molecule has 0 aliphatic heterocycles. The van der Waals surface area contributed by atoms with Crippen molar-refractivity contribution in [2.24, 2.45) is 11.7 Å². The van der Waals surface area contributed by atoms with Crippen LogP contribution in [0.1, 0.15) is 33.0 Å². The molecule has 1 aromatic heterocycles. The third-order valence-corrected chi connectivity index (χ3v) is 4.32. The van der Waals surface area contributed by atoms with Crippen LogP contribution in [-0.2, 0) is 16.6 Å². The highest BCUT2D eigenvalue weighted by Gasteiger charge is 2.23. The molecule has 0 aromatic carbocycles. The molecule has 19 heavy (non-hydrogen) atoms. The first-order valence-electron chi connectivity index (χ1n) is 6.56. The molecular formula is C12H24N4O2S. The van der Waals surface area contributed by atoms with Gasteiger partial charge in [-0.25, -0.2) is 18.1 Å². The SMILES string of the molecule is CCn1cc(S(=O)(=O)NC(CN)CC(C)C)nc1C. The van der Waals surface area contributed by atoms with E-state index < -0.39 is 10.0 Å². The largest absolute Gasteiger partial charge is 0.334 e. The van der Waals surface area contributed by atoms with Crippen molar-refractivity contribution in [1.29, 1.82) is 0 Å². The topological polar surface area (TPSA) is 90.0 Å². The second kappa shape index (κ2) is 6.49. The van der Waals surface area contributed by atoms with Crippen molar-refractivity contribution in [2.75, 3.05) is 6.54 Å². The minimum Gasteiger partial charge on any atom is -0.334 e. The van der Waals surface area contributed by atoms with Crippen LogP contribution in [0.15, 0.2) is 11.2 Å². The zero-order chi connectivity index (χ0) is 14.6. The number of sulfonamides is 1. The van der Waals surface area contributed by atoms with Gasteiger partial charge in [-0.2, -0.15) is 0 Å². The first-order valence-corrected chi connectivity index (χ1v) is 8.04. The summed E-state index contributed by atoms with van der Waals surface area (Å²) >= 11 is 0. The van der Waals surface area contributed by atoms with Gasteiger partial charge in [0, 0.05) is 25.3 Å². The van der Waals surface area contributed by atoms with Crippen LogP contribution in [0, 0.1) is 12.8 Å². The molecule has 1 rings (SSSR count). The number of rotatable bonds is 7. The van der Waals surface area contributed by atoms with E-state index in [1.54, 1.807) is 17.7 Å². The highest BCUT2D eigenvalue weighted by Crippen LogP contribution is 2.12. The molecule has 1 atom stereocenters. The minimum atomic E-state index is -3.59. The summed E-state index contributed by atoms with van der Waals surface area (Å²) in [6.07, 6.45) is 2.27. The van der Waals surface area contributed by atoms with Gasteiger partial charge in [0.25, 0.3) is 10.0 Å². The molecule has 1 unspecified atom stereocenters. The maximum atomic E-state index is 12.2. The van der Waals surface area contributed by atoms with Crippen LogP contribution in [0.3, 0.4) is 0 Å². The van der Waals surface area contributed by atoms with Gasteiger partial charge in [0.15, 0.2) is 5.03 Å². The fourth-order valence-electron chi connectivity index (χ4n) is 1.97. The summed E-state index contributed by atoms with van der Waals surface area (Å²) in [7, 11) is -3.59. The van der Waals surface area contributed by atoms with Gasteiger partial charge in [-0.3, -0.25) is 0 Å². The highest BCUT2D eigenvalue weighted by molar-refractivity contribution is 7.89. The van der Waals surface area contributed by atoms with E-state index in [1.165, 1.54) is 0 Å². The number of aryl methyl sites for hydroxylation is 2. The van der Waals surface area contributed by atoms with Gasteiger partial charge in [0.2, 0.25) is 0 Å². The average molecular weight is 288 g/mol. The lowest BCUT2D eigenvalue weighted by molar-refractivity contribution is 0.464. The fraction of sp³-hybridized carbons (Fsp3) is 0.750. The van der Waals surface area contributed by atoms with Crippen LogP contribution < -0.4 is 10.5 Å². The van der Waals surface area contributed by atoms with E-state index in [2.05, 4.69) is 9.71 Å². The minimum absolute atomic E-state index is 0.0639. The number of aromatic nitrogens is 2. The maximum absolute atomic E-state index is 12.2. The molecule has 110 valence electrons. The zero-order valence-electron chi connectivity index (χ0n) is 12.0. The standard InChI is InChI=1S/C12H24N4O2S/c1-5-16-8-12(14-10(16)4)19(17,18)15-11(7-13)6-9(2)3/h8-9,11,15H,5-7,13H2,1-4H3. The predicted molar refractivity (Wildman–Crippen MR) is 75.3 cm³/mol. The van der Waals surface area contributed by atoms with E-state index in [1.807, 2.05) is 20.8 Å². The lowest BCUT2D eigenvalue weighted by Crippen LogP contribution is -2.41. The third-order valence-electron chi connectivity index (χ3n) is 2.93. The van der Waals surface area contributed by atoms with Gasteiger partial charge in [0.05, 0.1) is 0 Å². The Labute approximate surface area is 115 Å². The summed E-state index contributed by atoms with van der Waals surface area (Å²) in [5, 5.41) is 0.0639. The molecule has 1 aromatic rings. The van der Waals surface area contributed by atoms with Gasteiger partial charge in [0.1, 0.15) is 5.82 Å². The molecular weight excluding hydrogens is 264 g/mol. The van der Waals surface area contributed by atoms with Crippen molar-refractivity contribution in [1.82, 2.24) is 14.3 Å². The monoisotopic (exact) mass is 288 g/mol. The lowest BCUT2D eigenvalue weighted by atomic mass is 10.1. The summed E-state index contributed by atoms with van der Waals surface area (Å²) < 4.78 is 28.9. The molecule has 6 nitrogen and oxygen atoms in total. The first-order chi connectivity index (χ1) is 8.80. The molecule has 7 heteroatoms. The molecule has 3 N–H and O–H groups in total. The molecule has 1 heterocycles. The molecule has 0 saturated carbocycles. The van der Waals surface area contributed by atoms with Gasteiger partial charge < -0.3 is 10.3 Å². The summed E-state index contributed by atoms with van der Waals surface area (Å²) in [4.78, 5) is 4.09. The number of imidazole rings is 1. The smallest absolute Gasteiger partial charge is 0.259 e. The van der Waals surface area contributed by atoms with Gasteiger partial charge in [-0.05, 0) is 26.2 Å². The molecule has 0 saturated heterocycles. The summed E-state index contributed by atoms with van der Waals surface area (Å²) in [5.41, 5.74) is 5.62. The summed E-state index contributed by atoms with van der Waals surface area (Å²) in [6.45, 7) is 8.78. The number of nitrogens with two attached hydrogens (primary N) is 1. The van der Waals surface area contributed by atoms with Gasteiger partial charge in [-0.15, -0.1) is 0 Å². The second-order valence-corrected chi connectivity index (χ2v) is 6.76. The van der Waals surface area contributed by atoms with E-state index >= 15 is 0 Å². The van der Waals surface area contributed by atoms with Crippen LogP contribution in [0.5, 0.6) is 0 Å². The van der Waals surface area contributed by atoms with Crippen molar-refractivity contribution in [2.45, 2.75) is 51.7 Å². The Morgan fingerprint density at radius 1 is 1.47 bits per heavy atom. The van der Waals surface area contributed by atoms with Crippen molar-refractivity contribution >= 4 is 10.0 Å².